The molecule has 0 radical (unpaired) electrons. The van der Waals surface area contributed by atoms with Gasteiger partial charge >= 0.3 is 6.09 Å². The molecule has 0 spiro atoms. The minimum absolute atomic E-state index is 0.344. The number of nitrogens with zero attached hydrogens (tertiary/aromatic N) is 3. The van der Waals surface area contributed by atoms with Crippen LogP contribution in [0.4, 0.5) is 10.6 Å². The third kappa shape index (κ3) is 3.87. The van der Waals surface area contributed by atoms with Crippen molar-refractivity contribution in [3.05, 3.63) is 18.1 Å². The Morgan fingerprint density at radius 2 is 2.09 bits per heavy atom. The van der Waals surface area contributed by atoms with Gasteiger partial charge < -0.3 is 15.0 Å². The number of amides is 1. The van der Waals surface area contributed by atoms with Gasteiger partial charge in [0.25, 0.3) is 0 Å². The fourth-order valence-corrected chi connectivity index (χ4v) is 2.56. The molecule has 6 heteroatoms. The van der Waals surface area contributed by atoms with E-state index in [1.807, 2.05) is 20.8 Å². The summed E-state index contributed by atoms with van der Waals surface area (Å²) in [6, 6.07) is 2.11. The van der Waals surface area contributed by atoms with Gasteiger partial charge in [-0.25, -0.2) is 14.8 Å². The molecule has 1 saturated heterocycles. The normalized spacial score (nSPS) is 18.8. The molecule has 1 aromatic rings. The lowest BCUT2D eigenvalue weighted by atomic mass is 10.0. The molecule has 1 saturated carbocycles. The van der Waals surface area contributed by atoms with E-state index in [9.17, 15) is 4.79 Å². The first-order valence-electron chi connectivity index (χ1n) is 7.94. The first-order valence-corrected chi connectivity index (χ1v) is 7.94. The first kappa shape index (κ1) is 15.1. The number of carbonyl (C=O) groups is 1. The molecule has 0 bridgehead atoms. The lowest BCUT2D eigenvalue weighted by Crippen LogP contribution is -2.52. The topological polar surface area (TPSA) is 67.3 Å². The molecule has 2 heterocycles. The highest BCUT2D eigenvalue weighted by atomic mass is 16.6. The fourth-order valence-electron chi connectivity index (χ4n) is 2.56. The first-order chi connectivity index (χ1) is 10.4. The van der Waals surface area contributed by atoms with E-state index in [0.29, 0.717) is 18.4 Å². The third-order valence-electron chi connectivity index (χ3n) is 3.88. The fraction of sp³-hybridized carbons (Fsp3) is 0.688. The summed E-state index contributed by atoms with van der Waals surface area (Å²) < 4.78 is 5.23. The molecule has 2 fully saturated rings. The number of carbonyl (C=O) groups excluding carboxylic acids is 1. The van der Waals surface area contributed by atoms with Crippen molar-refractivity contribution < 1.29 is 9.53 Å². The molecule has 1 amide bonds. The second kappa shape index (κ2) is 5.74. The van der Waals surface area contributed by atoms with E-state index in [2.05, 4.69) is 26.3 Å². The predicted molar refractivity (Wildman–Crippen MR) is 83.9 cm³/mol. The number of aromatic nitrogens is 2. The lowest BCUT2D eigenvalue weighted by Gasteiger charge is -2.40. The average Bonchev–Trinajstić information content (AvgIpc) is 3.19. The highest BCUT2D eigenvalue weighted by Gasteiger charge is 2.30. The molecule has 1 aromatic heterocycles. The van der Waals surface area contributed by atoms with Crippen LogP contribution in [0.15, 0.2) is 12.4 Å². The molecule has 2 aliphatic rings. The Hall–Kier alpha value is -1.85. The van der Waals surface area contributed by atoms with Crippen LogP contribution in [0.1, 0.15) is 45.2 Å². The van der Waals surface area contributed by atoms with Crippen LogP contribution in [0.3, 0.4) is 0 Å². The summed E-state index contributed by atoms with van der Waals surface area (Å²) >= 11 is 0. The summed E-state index contributed by atoms with van der Waals surface area (Å²) in [7, 11) is 0. The summed E-state index contributed by atoms with van der Waals surface area (Å²) in [5.41, 5.74) is 0.718. The van der Waals surface area contributed by atoms with Crippen LogP contribution in [0, 0.1) is 5.92 Å². The molecule has 0 aromatic carbocycles. The lowest BCUT2D eigenvalue weighted by molar-refractivity contribution is 0.0516. The molecule has 0 unspecified atom stereocenters. The van der Waals surface area contributed by atoms with Crippen LogP contribution in [-0.4, -0.2) is 41.3 Å². The second-order valence-electron chi connectivity index (χ2n) is 7.23. The summed E-state index contributed by atoms with van der Waals surface area (Å²) in [5, 5.41) is 2.83. The zero-order valence-corrected chi connectivity index (χ0v) is 13.5. The molecule has 3 rings (SSSR count). The van der Waals surface area contributed by atoms with Crippen molar-refractivity contribution in [2.75, 3.05) is 24.5 Å². The van der Waals surface area contributed by atoms with Crippen molar-refractivity contribution in [1.29, 1.82) is 0 Å². The summed E-state index contributed by atoms with van der Waals surface area (Å²) in [6.45, 7) is 8.07. The van der Waals surface area contributed by atoms with E-state index in [4.69, 9.17) is 4.74 Å². The Morgan fingerprint density at radius 3 is 2.73 bits per heavy atom. The molecular formula is C16H24N4O2. The largest absolute Gasteiger partial charge is 0.444 e. The number of hydrogen-bond donors (Lipinski definition) is 1. The maximum atomic E-state index is 11.6. The molecule has 1 N–H and O–H groups in total. The summed E-state index contributed by atoms with van der Waals surface area (Å²) in [4.78, 5) is 22.5. The van der Waals surface area contributed by atoms with Gasteiger partial charge in [-0.05, 0) is 33.6 Å². The minimum atomic E-state index is -0.449. The zero-order chi connectivity index (χ0) is 15.7. The molecule has 120 valence electrons. The van der Waals surface area contributed by atoms with E-state index < -0.39 is 5.60 Å². The summed E-state index contributed by atoms with van der Waals surface area (Å²) in [6.07, 6.45) is 3.82. The van der Waals surface area contributed by atoms with E-state index >= 15 is 0 Å². The van der Waals surface area contributed by atoms with Gasteiger partial charge in [-0.15, -0.1) is 0 Å². The molecular weight excluding hydrogens is 280 g/mol. The summed E-state index contributed by atoms with van der Waals surface area (Å²) in [5.74, 6) is 2.10. The zero-order valence-electron chi connectivity index (χ0n) is 13.5. The molecule has 6 nitrogen and oxygen atoms in total. The molecule has 1 aliphatic carbocycles. The van der Waals surface area contributed by atoms with Crippen molar-refractivity contribution in [3.63, 3.8) is 0 Å². The van der Waals surface area contributed by atoms with Crippen molar-refractivity contribution >= 4 is 11.9 Å². The Kier molecular flexibility index (Phi) is 3.93. The van der Waals surface area contributed by atoms with Gasteiger partial charge in [-0.3, -0.25) is 0 Å². The number of rotatable bonds is 4. The van der Waals surface area contributed by atoms with Crippen molar-refractivity contribution in [2.45, 2.75) is 45.1 Å². The van der Waals surface area contributed by atoms with Gasteiger partial charge in [0, 0.05) is 43.2 Å². The van der Waals surface area contributed by atoms with E-state index in [-0.39, 0.29) is 6.09 Å². The third-order valence-corrected chi connectivity index (χ3v) is 3.88. The van der Waals surface area contributed by atoms with Gasteiger partial charge in [0.05, 0.1) is 0 Å². The Bertz CT molecular complexity index is 545. The predicted octanol–water partition coefficient (Wildman–Crippen LogP) is 2.31. The van der Waals surface area contributed by atoms with Crippen LogP contribution >= 0.6 is 0 Å². The molecule has 22 heavy (non-hydrogen) atoms. The number of hydrogen-bond acceptors (Lipinski definition) is 5. The van der Waals surface area contributed by atoms with Crippen molar-refractivity contribution in [2.24, 2.45) is 5.92 Å². The van der Waals surface area contributed by atoms with Crippen LogP contribution in [0.5, 0.6) is 0 Å². The Morgan fingerprint density at radius 1 is 1.36 bits per heavy atom. The highest BCUT2D eigenvalue weighted by molar-refractivity contribution is 5.67. The van der Waals surface area contributed by atoms with Crippen LogP contribution in [0.25, 0.3) is 0 Å². The SMILES string of the molecule is CC(C)(C)OC(=O)NCC1CN(c2cc(C3CC3)ncn2)C1. The van der Waals surface area contributed by atoms with Crippen molar-refractivity contribution in [1.82, 2.24) is 15.3 Å². The molecule has 0 atom stereocenters. The van der Waals surface area contributed by atoms with Crippen LogP contribution < -0.4 is 10.2 Å². The second-order valence-corrected chi connectivity index (χ2v) is 7.23. The maximum absolute atomic E-state index is 11.6. The highest BCUT2D eigenvalue weighted by Crippen LogP contribution is 2.39. The monoisotopic (exact) mass is 304 g/mol. The Labute approximate surface area is 131 Å². The van der Waals surface area contributed by atoms with Gasteiger partial charge in [0.2, 0.25) is 0 Å². The average molecular weight is 304 g/mol. The van der Waals surface area contributed by atoms with E-state index in [1.165, 1.54) is 18.5 Å². The quantitative estimate of drug-likeness (QED) is 0.924. The maximum Gasteiger partial charge on any atom is 0.407 e. The van der Waals surface area contributed by atoms with Crippen molar-refractivity contribution in [3.8, 4) is 0 Å². The minimum Gasteiger partial charge on any atom is -0.444 e. The number of ether oxygens (including phenoxy) is 1. The van der Waals surface area contributed by atoms with Gasteiger partial charge in [-0.2, -0.15) is 0 Å². The van der Waals surface area contributed by atoms with Gasteiger partial charge in [-0.1, -0.05) is 0 Å². The Balaban J connectivity index is 1.42. The number of nitrogens with one attached hydrogen (secondary N) is 1. The number of anilines is 1. The van der Waals surface area contributed by atoms with Gasteiger partial charge in [0.1, 0.15) is 17.7 Å². The number of alkyl carbamates (subject to hydrolysis) is 1. The smallest absolute Gasteiger partial charge is 0.407 e. The van der Waals surface area contributed by atoms with Crippen LogP contribution in [0.2, 0.25) is 0 Å². The van der Waals surface area contributed by atoms with E-state index in [1.54, 1.807) is 6.33 Å². The molecule has 1 aliphatic heterocycles. The standard InChI is InChI=1S/C16H24N4O2/c1-16(2,3)22-15(21)17-7-11-8-20(9-11)14-6-13(12-4-5-12)18-10-19-14/h6,10-12H,4-5,7-9H2,1-3H3,(H,17,21). The van der Waals surface area contributed by atoms with Gasteiger partial charge in [0.15, 0.2) is 0 Å². The van der Waals surface area contributed by atoms with Crippen LogP contribution in [-0.2, 0) is 4.74 Å². The van der Waals surface area contributed by atoms with E-state index in [0.717, 1.165) is 18.9 Å².